The molecule has 1 atom stereocenters. The van der Waals surface area contributed by atoms with Gasteiger partial charge < -0.3 is 15.8 Å². The fourth-order valence-corrected chi connectivity index (χ4v) is 1.66. The van der Waals surface area contributed by atoms with Crippen molar-refractivity contribution in [3.05, 3.63) is 11.5 Å². The summed E-state index contributed by atoms with van der Waals surface area (Å²) in [4.78, 5) is 7.79. The summed E-state index contributed by atoms with van der Waals surface area (Å²) in [5, 5.41) is 3.39. The van der Waals surface area contributed by atoms with Gasteiger partial charge in [0.1, 0.15) is 12.0 Å². The lowest BCUT2D eigenvalue weighted by molar-refractivity contribution is 0.120. The average molecular weight is 229 g/mol. The number of aromatic nitrogens is 2. The second-order valence-corrected chi connectivity index (χ2v) is 3.80. The van der Waals surface area contributed by atoms with Gasteiger partial charge >= 0.3 is 0 Å². The van der Waals surface area contributed by atoms with Gasteiger partial charge in [-0.1, -0.05) is 11.6 Å². The zero-order valence-corrected chi connectivity index (χ0v) is 9.00. The van der Waals surface area contributed by atoms with Crippen LogP contribution in [0.5, 0.6) is 0 Å². The summed E-state index contributed by atoms with van der Waals surface area (Å²) in [6, 6.07) is 0. The molecule has 15 heavy (non-hydrogen) atoms. The standard InChI is InChI=1S/C9H13ClN4O/c10-8-7(11)9(14-5-13-8)12-4-6-2-1-3-15-6/h5-6H,1-4,11H2,(H,12,13,14). The highest BCUT2D eigenvalue weighted by molar-refractivity contribution is 6.32. The van der Waals surface area contributed by atoms with E-state index in [1.807, 2.05) is 0 Å². The van der Waals surface area contributed by atoms with E-state index in [1.54, 1.807) is 0 Å². The van der Waals surface area contributed by atoms with Crippen LogP contribution in [0.1, 0.15) is 12.8 Å². The van der Waals surface area contributed by atoms with E-state index in [4.69, 9.17) is 22.1 Å². The van der Waals surface area contributed by atoms with Crippen molar-refractivity contribution >= 4 is 23.1 Å². The first-order chi connectivity index (χ1) is 7.27. The van der Waals surface area contributed by atoms with E-state index in [2.05, 4.69) is 15.3 Å². The quantitative estimate of drug-likeness (QED) is 0.763. The number of nitrogen functional groups attached to an aromatic ring is 1. The van der Waals surface area contributed by atoms with Crippen LogP contribution in [0.2, 0.25) is 5.15 Å². The third kappa shape index (κ3) is 2.49. The van der Waals surface area contributed by atoms with Crippen molar-refractivity contribution in [3.8, 4) is 0 Å². The molecule has 1 unspecified atom stereocenters. The first kappa shape index (κ1) is 10.4. The van der Waals surface area contributed by atoms with Crippen LogP contribution in [0, 0.1) is 0 Å². The second-order valence-electron chi connectivity index (χ2n) is 3.44. The predicted octanol–water partition coefficient (Wildman–Crippen LogP) is 1.30. The van der Waals surface area contributed by atoms with E-state index >= 15 is 0 Å². The summed E-state index contributed by atoms with van der Waals surface area (Å²) in [6.07, 6.45) is 3.83. The number of rotatable bonds is 3. The van der Waals surface area contributed by atoms with Gasteiger partial charge in [0.2, 0.25) is 0 Å². The van der Waals surface area contributed by atoms with Crippen LogP contribution >= 0.6 is 11.6 Å². The van der Waals surface area contributed by atoms with Crippen LogP contribution in [0.25, 0.3) is 0 Å². The third-order valence-corrected chi connectivity index (χ3v) is 2.66. The van der Waals surface area contributed by atoms with Crippen LogP contribution < -0.4 is 11.1 Å². The molecule has 1 aliphatic rings. The monoisotopic (exact) mass is 228 g/mol. The minimum atomic E-state index is 0.248. The zero-order valence-electron chi connectivity index (χ0n) is 8.24. The molecule has 0 saturated carbocycles. The molecular weight excluding hydrogens is 216 g/mol. The van der Waals surface area contributed by atoms with Gasteiger partial charge in [-0.05, 0) is 12.8 Å². The maximum absolute atomic E-state index is 5.76. The Kier molecular flexibility index (Phi) is 3.23. The molecule has 2 heterocycles. The Morgan fingerprint density at radius 2 is 2.47 bits per heavy atom. The van der Waals surface area contributed by atoms with Gasteiger partial charge in [0.25, 0.3) is 0 Å². The van der Waals surface area contributed by atoms with Crippen molar-refractivity contribution in [1.29, 1.82) is 0 Å². The van der Waals surface area contributed by atoms with E-state index in [1.165, 1.54) is 6.33 Å². The Hall–Kier alpha value is -1.07. The Balaban J connectivity index is 1.95. The smallest absolute Gasteiger partial charge is 0.157 e. The lowest BCUT2D eigenvalue weighted by atomic mass is 10.2. The Morgan fingerprint density at radius 1 is 1.60 bits per heavy atom. The number of nitrogens with two attached hydrogens (primary N) is 1. The van der Waals surface area contributed by atoms with Crippen LogP contribution in [-0.4, -0.2) is 29.2 Å². The van der Waals surface area contributed by atoms with Gasteiger partial charge in [-0.25, -0.2) is 9.97 Å². The number of nitrogens with zero attached hydrogens (tertiary/aromatic N) is 2. The third-order valence-electron chi connectivity index (χ3n) is 2.36. The topological polar surface area (TPSA) is 73.1 Å². The van der Waals surface area contributed by atoms with Gasteiger partial charge in [-0.15, -0.1) is 0 Å². The number of anilines is 2. The molecule has 0 spiro atoms. The van der Waals surface area contributed by atoms with E-state index in [9.17, 15) is 0 Å². The molecule has 2 rings (SSSR count). The SMILES string of the molecule is Nc1c(Cl)ncnc1NCC1CCCO1. The fraction of sp³-hybridized carbons (Fsp3) is 0.556. The molecule has 1 fully saturated rings. The van der Waals surface area contributed by atoms with Gasteiger partial charge in [-0.3, -0.25) is 0 Å². The number of ether oxygens (including phenoxy) is 1. The predicted molar refractivity (Wildman–Crippen MR) is 58.9 cm³/mol. The molecule has 6 heteroatoms. The highest BCUT2D eigenvalue weighted by Gasteiger charge is 2.16. The van der Waals surface area contributed by atoms with Crippen LogP contribution in [0.15, 0.2) is 6.33 Å². The maximum Gasteiger partial charge on any atom is 0.157 e. The normalized spacial score (nSPS) is 20.5. The molecular formula is C9H13ClN4O. The first-order valence-corrected chi connectivity index (χ1v) is 5.26. The summed E-state index contributed by atoms with van der Waals surface area (Å²) < 4.78 is 5.47. The fourth-order valence-electron chi connectivity index (χ4n) is 1.53. The van der Waals surface area contributed by atoms with Crippen molar-refractivity contribution in [2.45, 2.75) is 18.9 Å². The highest BCUT2D eigenvalue weighted by atomic mass is 35.5. The maximum atomic E-state index is 5.76. The molecule has 1 saturated heterocycles. The van der Waals surface area contributed by atoms with Gasteiger partial charge in [0.05, 0.1) is 6.10 Å². The minimum absolute atomic E-state index is 0.248. The number of halogens is 1. The lowest BCUT2D eigenvalue weighted by Gasteiger charge is -2.12. The van der Waals surface area contributed by atoms with Crippen molar-refractivity contribution < 1.29 is 4.74 Å². The van der Waals surface area contributed by atoms with Crippen molar-refractivity contribution in [2.24, 2.45) is 0 Å². The van der Waals surface area contributed by atoms with Crippen LogP contribution in [-0.2, 0) is 4.74 Å². The van der Waals surface area contributed by atoms with Gasteiger partial charge in [0, 0.05) is 13.2 Å². The summed E-state index contributed by atoms with van der Waals surface area (Å²) in [5.41, 5.74) is 6.09. The molecule has 0 aliphatic carbocycles. The Bertz CT molecular complexity index is 341. The molecule has 0 amide bonds. The lowest BCUT2D eigenvalue weighted by Crippen LogP contribution is -2.19. The first-order valence-electron chi connectivity index (χ1n) is 4.89. The summed E-state index contributed by atoms with van der Waals surface area (Å²) in [5.74, 6) is 0.575. The molecule has 5 nitrogen and oxygen atoms in total. The average Bonchev–Trinajstić information content (AvgIpc) is 2.73. The second kappa shape index (κ2) is 4.63. The Labute approximate surface area is 93.0 Å². The largest absolute Gasteiger partial charge is 0.393 e. The van der Waals surface area contributed by atoms with E-state index in [0.29, 0.717) is 18.1 Å². The van der Waals surface area contributed by atoms with Crippen molar-refractivity contribution in [3.63, 3.8) is 0 Å². The minimum Gasteiger partial charge on any atom is -0.393 e. The summed E-state index contributed by atoms with van der Waals surface area (Å²) >= 11 is 5.76. The number of hydrogen-bond acceptors (Lipinski definition) is 5. The molecule has 0 bridgehead atoms. The van der Waals surface area contributed by atoms with E-state index in [0.717, 1.165) is 19.4 Å². The summed E-state index contributed by atoms with van der Waals surface area (Å²) in [6.45, 7) is 1.55. The van der Waals surface area contributed by atoms with Crippen LogP contribution in [0.3, 0.4) is 0 Å². The van der Waals surface area contributed by atoms with Crippen molar-refractivity contribution in [2.75, 3.05) is 24.2 Å². The molecule has 1 aromatic rings. The molecule has 1 aromatic heterocycles. The van der Waals surface area contributed by atoms with Gasteiger partial charge in [-0.2, -0.15) is 0 Å². The zero-order chi connectivity index (χ0) is 10.7. The highest BCUT2D eigenvalue weighted by Crippen LogP contribution is 2.22. The van der Waals surface area contributed by atoms with Gasteiger partial charge in [0.15, 0.2) is 11.0 Å². The molecule has 0 radical (unpaired) electrons. The molecule has 3 N–H and O–H groups in total. The summed E-state index contributed by atoms with van der Waals surface area (Å²) in [7, 11) is 0. The number of hydrogen-bond donors (Lipinski definition) is 2. The van der Waals surface area contributed by atoms with E-state index in [-0.39, 0.29) is 11.3 Å². The Morgan fingerprint density at radius 3 is 3.20 bits per heavy atom. The van der Waals surface area contributed by atoms with E-state index < -0.39 is 0 Å². The molecule has 1 aliphatic heterocycles. The van der Waals surface area contributed by atoms with Crippen LogP contribution in [0.4, 0.5) is 11.5 Å². The van der Waals surface area contributed by atoms with Crippen molar-refractivity contribution in [1.82, 2.24) is 9.97 Å². The molecule has 0 aromatic carbocycles. The number of nitrogens with one attached hydrogen (secondary N) is 1. The molecule has 82 valence electrons.